The third kappa shape index (κ3) is 3.26. The average Bonchev–Trinajstić information content (AvgIpc) is 3.08. The number of rotatable bonds is 6. The van der Waals surface area contributed by atoms with Gasteiger partial charge in [0.2, 0.25) is 0 Å². The van der Waals surface area contributed by atoms with E-state index in [4.69, 9.17) is 0 Å². The zero-order valence-corrected chi connectivity index (χ0v) is 12.9. The van der Waals surface area contributed by atoms with Gasteiger partial charge in [0.1, 0.15) is 0 Å². The molecule has 0 saturated carbocycles. The molecule has 0 amide bonds. The molecule has 112 valence electrons. The predicted molar refractivity (Wildman–Crippen MR) is 84.1 cm³/mol. The highest BCUT2D eigenvalue weighted by atomic mass is 15.1. The molecule has 1 saturated heterocycles. The van der Waals surface area contributed by atoms with Gasteiger partial charge in [-0.2, -0.15) is 0 Å². The Bertz CT molecular complexity index is 418. The van der Waals surface area contributed by atoms with Gasteiger partial charge in [-0.3, -0.25) is 0 Å². The van der Waals surface area contributed by atoms with E-state index in [9.17, 15) is 0 Å². The van der Waals surface area contributed by atoms with E-state index in [1.807, 2.05) is 0 Å². The first-order valence-electron chi connectivity index (χ1n) is 8.51. The second-order valence-corrected chi connectivity index (χ2v) is 6.38. The van der Waals surface area contributed by atoms with Crippen LogP contribution in [0.25, 0.3) is 0 Å². The molecule has 1 atom stereocenters. The molecular weight excluding hydrogens is 246 g/mol. The summed E-state index contributed by atoms with van der Waals surface area (Å²) in [6, 6.07) is 0.601. The standard InChI is InChI=1S/C17H29N3/c1-2-18-17-8-5-7-15-13-20(14-16(15)17)12-6-11-19-9-3-4-10-19/h13-14,17-18H,2-12H2,1H3. The lowest BCUT2D eigenvalue weighted by Crippen LogP contribution is -2.23. The normalized spacial score (nSPS) is 23.1. The fourth-order valence-electron chi connectivity index (χ4n) is 3.82. The van der Waals surface area contributed by atoms with E-state index in [-0.39, 0.29) is 0 Å². The number of nitrogens with zero attached hydrogens (tertiary/aromatic N) is 2. The van der Waals surface area contributed by atoms with Crippen molar-refractivity contribution in [2.75, 3.05) is 26.2 Å². The number of hydrogen-bond acceptors (Lipinski definition) is 2. The van der Waals surface area contributed by atoms with Crippen molar-refractivity contribution in [2.24, 2.45) is 0 Å². The lowest BCUT2D eigenvalue weighted by atomic mass is 9.91. The number of aryl methyl sites for hydroxylation is 2. The van der Waals surface area contributed by atoms with Crippen molar-refractivity contribution in [1.82, 2.24) is 14.8 Å². The molecule has 1 aromatic heterocycles. The molecule has 0 bridgehead atoms. The van der Waals surface area contributed by atoms with Gasteiger partial charge in [0.25, 0.3) is 0 Å². The minimum absolute atomic E-state index is 0.601. The summed E-state index contributed by atoms with van der Waals surface area (Å²) < 4.78 is 2.44. The Kier molecular flexibility index (Phi) is 4.79. The summed E-state index contributed by atoms with van der Waals surface area (Å²) in [5.74, 6) is 0. The lowest BCUT2D eigenvalue weighted by Gasteiger charge is -2.22. The fraction of sp³-hybridized carbons (Fsp3) is 0.765. The third-order valence-corrected chi connectivity index (χ3v) is 4.85. The molecule has 2 heterocycles. The zero-order chi connectivity index (χ0) is 13.8. The second-order valence-electron chi connectivity index (χ2n) is 6.38. The third-order valence-electron chi connectivity index (χ3n) is 4.85. The minimum Gasteiger partial charge on any atom is -0.354 e. The molecule has 0 radical (unpaired) electrons. The highest BCUT2D eigenvalue weighted by Gasteiger charge is 2.21. The Morgan fingerprint density at radius 3 is 2.80 bits per heavy atom. The van der Waals surface area contributed by atoms with Crippen molar-refractivity contribution in [3.63, 3.8) is 0 Å². The fourth-order valence-corrected chi connectivity index (χ4v) is 3.82. The van der Waals surface area contributed by atoms with Gasteiger partial charge in [0, 0.05) is 25.0 Å². The molecule has 0 aromatic carbocycles. The highest BCUT2D eigenvalue weighted by Crippen LogP contribution is 2.30. The number of likely N-dealkylation sites (tertiary alicyclic amines) is 1. The number of hydrogen-bond donors (Lipinski definition) is 1. The molecule has 20 heavy (non-hydrogen) atoms. The van der Waals surface area contributed by atoms with Crippen LogP contribution in [-0.4, -0.2) is 35.6 Å². The molecule has 1 fully saturated rings. The topological polar surface area (TPSA) is 20.2 Å². The SMILES string of the molecule is CCNC1CCCc2cn(CCCN3CCCC3)cc21. The summed E-state index contributed by atoms with van der Waals surface area (Å²) in [4.78, 5) is 2.62. The van der Waals surface area contributed by atoms with Gasteiger partial charge in [-0.25, -0.2) is 0 Å². The second kappa shape index (κ2) is 6.77. The van der Waals surface area contributed by atoms with Crippen LogP contribution in [-0.2, 0) is 13.0 Å². The largest absolute Gasteiger partial charge is 0.354 e. The Morgan fingerprint density at radius 2 is 2.00 bits per heavy atom. The molecular formula is C17H29N3. The molecule has 3 nitrogen and oxygen atoms in total. The first-order valence-corrected chi connectivity index (χ1v) is 8.51. The quantitative estimate of drug-likeness (QED) is 0.861. The van der Waals surface area contributed by atoms with Crippen LogP contribution >= 0.6 is 0 Å². The summed E-state index contributed by atoms with van der Waals surface area (Å²) in [6.45, 7) is 8.39. The van der Waals surface area contributed by atoms with Crippen molar-refractivity contribution in [2.45, 2.75) is 58.0 Å². The van der Waals surface area contributed by atoms with E-state index < -0.39 is 0 Å². The van der Waals surface area contributed by atoms with Crippen molar-refractivity contribution >= 4 is 0 Å². The van der Waals surface area contributed by atoms with Crippen molar-refractivity contribution in [3.8, 4) is 0 Å². The Balaban J connectivity index is 1.55. The molecule has 2 aliphatic rings. The Morgan fingerprint density at radius 1 is 1.15 bits per heavy atom. The predicted octanol–water partition coefficient (Wildman–Crippen LogP) is 2.96. The monoisotopic (exact) mass is 275 g/mol. The van der Waals surface area contributed by atoms with Crippen molar-refractivity contribution < 1.29 is 0 Å². The van der Waals surface area contributed by atoms with Gasteiger partial charge >= 0.3 is 0 Å². The van der Waals surface area contributed by atoms with Crippen LogP contribution in [0.2, 0.25) is 0 Å². The molecule has 1 aliphatic heterocycles. The summed E-state index contributed by atoms with van der Waals surface area (Å²) in [5.41, 5.74) is 3.16. The van der Waals surface area contributed by atoms with Crippen LogP contribution in [0.15, 0.2) is 12.4 Å². The summed E-state index contributed by atoms with van der Waals surface area (Å²) in [6.07, 6.45) is 12.8. The highest BCUT2D eigenvalue weighted by molar-refractivity contribution is 5.30. The van der Waals surface area contributed by atoms with E-state index in [1.54, 1.807) is 11.1 Å². The molecule has 1 aromatic rings. The van der Waals surface area contributed by atoms with Crippen LogP contribution < -0.4 is 5.32 Å². The number of nitrogens with one attached hydrogen (secondary N) is 1. The van der Waals surface area contributed by atoms with Crippen LogP contribution in [0.5, 0.6) is 0 Å². The zero-order valence-electron chi connectivity index (χ0n) is 12.9. The van der Waals surface area contributed by atoms with Crippen LogP contribution in [0.1, 0.15) is 56.2 Å². The van der Waals surface area contributed by atoms with Gasteiger partial charge in [0.05, 0.1) is 0 Å². The molecule has 1 N–H and O–H groups in total. The van der Waals surface area contributed by atoms with Crippen LogP contribution in [0.4, 0.5) is 0 Å². The van der Waals surface area contributed by atoms with Gasteiger partial charge < -0.3 is 14.8 Å². The van der Waals surface area contributed by atoms with E-state index >= 15 is 0 Å². The maximum absolute atomic E-state index is 3.63. The molecule has 3 rings (SSSR count). The van der Waals surface area contributed by atoms with Crippen LogP contribution in [0, 0.1) is 0 Å². The van der Waals surface area contributed by atoms with E-state index in [0.29, 0.717) is 6.04 Å². The first-order chi connectivity index (χ1) is 9.86. The molecule has 1 unspecified atom stereocenters. The van der Waals surface area contributed by atoms with Crippen LogP contribution in [0.3, 0.4) is 0 Å². The minimum atomic E-state index is 0.601. The van der Waals surface area contributed by atoms with Gasteiger partial charge in [-0.15, -0.1) is 0 Å². The lowest BCUT2D eigenvalue weighted by molar-refractivity contribution is 0.325. The molecule has 0 spiro atoms. The summed E-state index contributed by atoms with van der Waals surface area (Å²) >= 11 is 0. The van der Waals surface area contributed by atoms with Gasteiger partial charge in [-0.1, -0.05) is 6.92 Å². The number of aromatic nitrogens is 1. The van der Waals surface area contributed by atoms with Gasteiger partial charge in [-0.05, 0) is 75.8 Å². The van der Waals surface area contributed by atoms with E-state index in [1.165, 1.54) is 64.7 Å². The maximum atomic E-state index is 3.63. The molecule has 3 heteroatoms. The van der Waals surface area contributed by atoms with Crippen molar-refractivity contribution in [1.29, 1.82) is 0 Å². The van der Waals surface area contributed by atoms with E-state index in [2.05, 4.69) is 34.1 Å². The smallest absolute Gasteiger partial charge is 0.0338 e. The Hall–Kier alpha value is -0.800. The number of fused-ring (bicyclic) bond motifs is 1. The summed E-state index contributed by atoms with van der Waals surface area (Å²) in [7, 11) is 0. The Labute approximate surface area is 123 Å². The molecule has 1 aliphatic carbocycles. The summed E-state index contributed by atoms with van der Waals surface area (Å²) in [5, 5.41) is 3.63. The average molecular weight is 275 g/mol. The van der Waals surface area contributed by atoms with Crippen molar-refractivity contribution in [3.05, 3.63) is 23.5 Å². The first kappa shape index (κ1) is 14.2. The maximum Gasteiger partial charge on any atom is 0.0338 e. The van der Waals surface area contributed by atoms with Gasteiger partial charge in [0.15, 0.2) is 0 Å². The van der Waals surface area contributed by atoms with E-state index in [0.717, 1.165) is 6.54 Å².